The van der Waals surface area contributed by atoms with Gasteiger partial charge in [-0.05, 0) is 67.4 Å². The number of amides is 3. The van der Waals surface area contributed by atoms with E-state index in [0.29, 0.717) is 40.4 Å². The number of anilines is 2. The van der Waals surface area contributed by atoms with Gasteiger partial charge in [-0.2, -0.15) is 0 Å². The Balaban J connectivity index is 1.26. The van der Waals surface area contributed by atoms with Crippen molar-refractivity contribution < 1.29 is 23.9 Å². The van der Waals surface area contributed by atoms with Gasteiger partial charge in [0.15, 0.2) is 0 Å². The van der Waals surface area contributed by atoms with Crippen molar-refractivity contribution in [2.45, 2.75) is 18.9 Å². The van der Waals surface area contributed by atoms with E-state index in [1.54, 1.807) is 72.8 Å². The minimum atomic E-state index is -0.377. The lowest BCUT2D eigenvalue weighted by molar-refractivity contribution is 0.0679. The van der Waals surface area contributed by atoms with Crippen molar-refractivity contribution in [1.29, 1.82) is 0 Å². The SMILES string of the molecule is O=C(Nc1cccc(N2C(=O)c3ccccc3C2=O)c1)c1ccc(OCC2CCCO2)cc1. The number of hydrogen-bond acceptors (Lipinski definition) is 5. The zero-order chi connectivity index (χ0) is 22.8. The van der Waals surface area contributed by atoms with Crippen molar-refractivity contribution in [2.75, 3.05) is 23.4 Å². The number of carbonyl (C=O) groups is 3. The van der Waals surface area contributed by atoms with Gasteiger partial charge < -0.3 is 14.8 Å². The van der Waals surface area contributed by atoms with Crippen LogP contribution in [0, 0.1) is 0 Å². The summed E-state index contributed by atoms with van der Waals surface area (Å²) >= 11 is 0. The van der Waals surface area contributed by atoms with Crippen LogP contribution in [0.5, 0.6) is 5.75 Å². The lowest BCUT2D eigenvalue weighted by Gasteiger charge is -2.15. The molecule has 0 aromatic heterocycles. The van der Waals surface area contributed by atoms with Crippen LogP contribution in [0.4, 0.5) is 11.4 Å². The number of carbonyl (C=O) groups excluding carboxylic acids is 3. The van der Waals surface area contributed by atoms with E-state index < -0.39 is 0 Å². The Hall–Kier alpha value is -3.97. The molecule has 0 aliphatic carbocycles. The van der Waals surface area contributed by atoms with Gasteiger partial charge in [-0.1, -0.05) is 18.2 Å². The Morgan fingerprint density at radius 2 is 1.70 bits per heavy atom. The fourth-order valence-electron chi connectivity index (χ4n) is 4.02. The molecule has 7 heteroatoms. The summed E-state index contributed by atoms with van der Waals surface area (Å²) in [5, 5.41) is 2.82. The van der Waals surface area contributed by atoms with Crippen LogP contribution in [-0.2, 0) is 4.74 Å². The first-order valence-corrected chi connectivity index (χ1v) is 10.8. The summed E-state index contributed by atoms with van der Waals surface area (Å²) < 4.78 is 11.3. The lowest BCUT2D eigenvalue weighted by Crippen LogP contribution is -2.29. The highest BCUT2D eigenvalue weighted by molar-refractivity contribution is 6.34. The average molecular weight is 442 g/mol. The molecule has 0 bridgehead atoms. The van der Waals surface area contributed by atoms with Crippen LogP contribution in [0.1, 0.15) is 43.9 Å². The molecular weight excluding hydrogens is 420 g/mol. The molecule has 7 nitrogen and oxygen atoms in total. The summed E-state index contributed by atoms with van der Waals surface area (Å²) in [5.41, 5.74) is 2.09. The molecule has 2 aliphatic heterocycles. The van der Waals surface area contributed by atoms with Crippen LogP contribution in [0.3, 0.4) is 0 Å². The fraction of sp³-hybridized carbons (Fsp3) is 0.192. The van der Waals surface area contributed by atoms with Gasteiger partial charge in [0.05, 0.1) is 22.9 Å². The van der Waals surface area contributed by atoms with Crippen LogP contribution in [-0.4, -0.2) is 37.0 Å². The maximum absolute atomic E-state index is 12.7. The number of imide groups is 1. The second-order valence-corrected chi connectivity index (χ2v) is 7.97. The molecule has 33 heavy (non-hydrogen) atoms. The predicted molar refractivity (Wildman–Crippen MR) is 123 cm³/mol. The van der Waals surface area contributed by atoms with Crippen molar-refractivity contribution in [3.63, 3.8) is 0 Å². The van der Waals surface area contributed by atoms with Crippen molar-refractivity contribution in [1.82, 2.24) is 0 Å². The Morgan fingerprint density at radius 3 is 2.36 bits per heavy atom. The summed E-state index contributed by atoms with van der Waals surface area (Å²) in [6.45, 7) is 1.28. The summed E-state index contributed by atoms with van der Waals surface area (Å²) in [6.07, 6.45) is 2.18. The molecule has 5 rings (SSSR count). The molecule has 1 N–H and O–H groups in total. The van der Waals surface area contributed by atoms with E-state index in [1.165, 1.54) is 0 Å². The molecule has 1 atom stereocenters. The largest absolute Gasteiger partial charge is 0.491 e. The highest BCUT2D eigenvalue weighted by Gasteiger charge is 2.36. The fourth-order valence-corrected chi connectivity index (χ4v) is 4.02. The molecule has 0 spiro atoms. The molecule has 1 unspecified atom stereocenters. The van der Waals surface area contributed by atoms with Crippen LogP contribution < -0.4 is 15.0 Å². The molecule has 2 aliphatic rings. The van der Waals surface area contributed by atoms with Crippen molar-refractivity contribution in [3.05, 3.63) is 89.5 Å². The average Bonchev–Trinajstić information content (AvgIpc) is 3.45. The quantitative estimate of drug-likeness (QED) is 0.576. The summed E-state index contributed by atoms with van der Waals surface area (Å²) in [7, 11) is 0. The number of hydrogen-bond donors (Lipinski definition) is 1. The minimum Gasteiger partial charge on any atom is -0.491 e. The van der Waals surface area contributed by atoms with E-state index in [9.17, 15) is 14.4 Å². The van der Waals surface area contributed by atoms with Crippen LogP contribution in [0.2, 0.25) is 0 Å². The molecule has 0 saturated carbocycles. The molecule has 0 radical (unpaired) electrons. The van der Waals surface area contributed by atoms with E-state index in [1.807, 2.05) is 0 Å². The highest BCUT2D eigenvalue weighted by atomic mass is 16.5. The first-order chi connectivity index (χ1) is 16.1. The molecule has 3 aromatic carbocycles. The predicted octanol–water partition coefficient (Wildman–Crippen LogP) is 4.30. The number of benzene rings is 3. The zero-order valence-electron chi connectivity index (χ0n) is 17.8. The van der Waals surface area contributed by atoms with Gasteiger partial charge in [0.25, 0.3) is 17.7 Å². The Kier molecular flexibility index (Phi) is 5.62. The first kappa shape index (κ1) is 20.9. The number of ether oxygens (including phenoxy) is 2. The summed E-state index contributed by atoms with van der Waals surface area (Å²) in [5.74, 6) is -0.384. The van der Waals surface area contributed by atoms with Crippen LogP contribution >= 0.6 is 0 Å². The van der Waals surface area contributed by atoms with Gasteiger partial charge in [0.1, 0.15) is 12.4 Å². The Bertz CT molecular complexity index is 1180. The monoisotopic (exact) mass is 442 g/mol. The zero-order valence-corrected chi connectivity index (χ0v) is 17.8. The van der Waals surface area contributed by atoms with E-state index in [4.69, 9.17) is 9.47 Å². The second kappa shape index (κ2) is 8.88. The number of fused-ring (bicyclic) bond motifs is 1. The lowest BCUT2D eigenvalue weighted by atomic mass is 10.1. The minimum absolute atomic E-state index is 0.127. The van der Waals surface area contributed by atoms with Gasteiger partial charge >= 0.3 is 0 Å². The molecule has 2 heterocycles. The van der Waals surface area contributed by atoms with E-state index in [0.717, 1.165) is 24.3 Å². The topological polar surface area (TPSA) is 84.9 Å². The first-order valence-electron chi connectivity index (χ1n) is 10.8. The summed E-state index contributed by atoms with van der Waals surface area (Å²) in [4.78, 5) is 39.3. The van der Waals surface area contributed by atoms with Gasteiger partial charge in [-0.25, -0.2) is 4.90 Å². The third-order valence-corrected chi connectivity index (χ3v) is 5.73. The third kappa shape index (κ3) is 4.23. The molecule has 1 saturated heterocycles. The van der Waals surface area contributed by atoms with E-state index >= 15 is 0 Å². The second-order valence-electron chi connectivity index (χ2n) is 7.97. The number of nitrogens with one attached hydrogen (secondary N) is 1. The summed E-state index contributed by atoms with van der Waals surface area (Å²) in [6, 6.07) is 20.3. The third-order valence-electron chi connectivity index (χ3n) is 5.73. The number of rotatable bonds is 6. The smallest absolute Gasteiger partial charge is 0.266 e. The molecule has 3 amide bonds. The van der Waals surface area contributed by atoms with Gasteiger partial charge in [-0.3, -0.25) is 14.4 Å². The highest BCUT2D eigenvalue weighted by Crippen LogP contribution is 2.30. The standard InChI is InChI=1S/C26H22N2O5/c29-24(17-10-12-20(13-11-17)33-16-21-7-4-14-32-21)27-18-5-3-6-19(15-18)28-25(30)22-8-1-2-9-23(22)26(28)31/h1-3,5-6,8-13,15,21H,4,7,14,16H2,(H,27,29). The van der Waals surface area contributed by atoms with Crippen LogP contribution in [0.25, 0.3) is 0 Å². The number of nitrogens with zero attached hydrogens (tertiary/aromatic N) is 1. The van der Waals surface area contributed by atoms with Gasteiger partial charge in [0, 0.05) is 17.9 Å². The van der Waals surface area contributed by atoms with Gasteiger partial charge in [0.2, 0.25) is 0 Å². The Labute approximate surface area is 190 Å². The van der Waals surface area contributed by atoms with E-state index in [2.05, 4.69) is 5.32 Å². The maximum atomic E-state index is 12.7. The molecule has 3 aromatic rings. The van der Waals surface area contributed by atoms with Crippen molar-refractivity contribution in [3.8, 4) is 5.75 Å². The van der Waals surface area contributed by atoms with Crippen molar-refractivity contribution in [2.24, 2.45) is 0 Å². The Morgan fingerprint density at radius 1 is 0.970 bits per heavy atom. The van der Waals surface area contributed by atoms with Crippen LogP contribution in [0.15, 0.2) is 72.8 Å². The van der Waals surface area contributed by atoms with Crippen molar-refractivity contribution >= 4 is 29.1 Å². The van der Waals surface area contributed by atoms with E-state index in [-0.39, 0.29) is 23.8 Å². The maximum Gasteiger partial charge on any atom is 0.266 e. The van der Waals surface area contributed by atoms with Gasteiger partial charge in [-0.15, -0.1) is 0 Å². The molecule has 166 valence electrons. The normalized spacial score (nSPS) is 17.2. The molecular formula is C26H22N2O5. The molecule has 1 fully saturated rings.